The monoisotopic (exact) mass is 331 g/mol. The minimum atomic E-state index is -1.15. The molecule has 1 saturated heterocycles. The van der Waals surface area contributed by atoms with Crippen LogP contribution in [0.3, 0.4) is 0 Å². The number of carbonyl (C=O) groups excluding carboxylic acids is 2. The van der Waals surface area contributed by atoms with E-state index in [9.17, 15) is 14.4 Å². The number of carbonyl (C=O) groups is 3. The summed E-state index contributed by atoms with van der Waals surface area (Å²) in [5, 5.41) is 10.8. The van der Waals surface area contributed by atoms with Gasteiger partial charge < -0.3 is 20.1 Å². The predicted molar refractivity (Wildman–Crippen MR) is 86.2 cm³/mol. The van der Waals surface area contributed by atoms with Crippen molar-refractivity contribution in [2.24, 2.45) is 0 Å². The Bertz CT molecular complexity index is 685. The highest BCUT2D eigenvalue weighted by atomic mass is 16.6. The Balaban J connectivity index is 1.65. The van der Waals surface area contributed by atoms with E-state index < -0.39 is 18.3 Å². The van der Waals surface area contributed by atoms with Crippen molar-refractivity contribution < 1.29 is 24.2 Å². The van der Waals surface area contributed by atoms with Crippen molar-refractivity contribution in [2.75, 3.05) is 29.4 Å². The molecule has 3 rings (SSSR count). The SMILES string of the molecule is O=C1C=CN(c2ccc(N3CC(CNC(=O)O)OC3=O)cc2)CC1. The van der Waals surface area contributed by atoms with Crippen molar-refractivity contribution in [1.82, 2.24) is 5.32 Å². The van der Waals surface area contributed by atoms with Gasteiger partial charge >= 0.3 is 12.2 Å². The van der Waals surface area contributed by atoms with Gasteiger partial charge in [0.2, 0.25) is 0 Å². The van der Waals surface area contributed by atoms with Crippen LogP contribution in [0.5, 0.6) is 0 Å². The Hall–Kier alpha value is -3.03. The number of rotatable bonds is 4. The first-order chi connectivity index (χ1) is 11.5. The Kier molecular flexibility index (Phi) is 4.37. The number of carboxylic acid groups (broad SMARTS) is 1. The Morgan fingerprint density at radius 1 is 1.25 bits per heavy atom. The van der Waals surface area contributed by atoms with E-state index in [1.165, 1.54) is 4.90 Å². The maximum atomic E-state index is 11.9. The van der Waals surface area contributed by atoms with Gasteiger partial charge in [0.15, 0.2) is 5.78 Å². The molecular formula is C16H17N3O5. The van der Waals surface area contributed by atoms with E-state index in [2.05, 4.69) is 5.32 Å². The summed E-state index contributed by atoms with van der Waals surface area (Å²) in [6.45, 7) is 0.974. The molecule has 1 aromatic rings. The highest BCUT2D eigenvalue weighted by Crippen LogP contribution is 2.25. The topological polar surface area (TPSA) is 99.2 Å². The van der Waals surface area contributed by atoms with Gasteiger partial charge in [-0.1, -0.05) is 0 Å². The van der Waals surface area contributed by atoms with E-state index in [0.29, 0.717) is 18.7 Å². The van der Waals surface area contributed by atoms with E-state index in [4.69, 9.17) is 9.84 Å². The minimum absolute atomic E-state index is 0.0578. The van der Waals surface area contributed by atoms with E-state index in [1.54, 1.807) is 24.4 Å². The molecule has 2 N–H and O–H groups in total. The van der Waals surface area contributed by atoms with Gasteiger partial charge in [-0.2, -0.15) is 0 Å². The fourth-order valence-corrected chi connectivity index (χ4v) is 2.64. The summed E-state index contributed by atoms with van der Waals surface area (Å²) in [5.74, 6) is 0.115. The Morgan fingerprint density at radius 3 is 2.58 bits per heavy atom. The maximum Gasteiger partial charge on any atom is 0.414 e. The molecule has 8 nitrogen and oxygen atoms in total. The van der Waals surface area contributed by atoms with Gasteiger partial charge in [-0.3, -0.25) is 9.69 Å². The number of allylic oxidation sites excluding steroid dienone is 1. The van der Waals surface area contributed by atoms with Crippen LogP contribution in [0.2, 0.25) is 0 Å². The number of amides is 2. The van der Waals surface area contributed by atoms with Crippen molar-refractivity contribution in [2.45, 2.75) is 12.5 Å². The van der Waals surface area contributed by atoms with Gasteiger partial charge in [0, 0.05) is 30.5 Å². The molecule has 2 heterocycles. The van der Waals surface area contributed by atoms with E-state index in [1.807, 2.05) is 17.0 Å². The van der Waals surface area contributed by atoms with Crippen molar-refractivity contribution in [3.8, 4) is 0 Å². The number of nitrogens with zero attached hydrogens (tertiary/aromatic N) is 2. The molecule has 0 radical (unpaired) electrons. The van der Waals surface area contributed by atoms with Crippen LogP contribution >= 0.6 is 0 Å². The van der Waals surface area contributed by atoms with Crippen LogP contribution in [0, 0.1) is 0 Å². The van der Waals surface area contributed by atoms with Gasteiger partial charge in [-0.05, 0) is 30.3 Å². The smallest absolute Gasteiger partial charge is 0.414 e. The number of cyclic esters (lactones) is 1. The molecule has 0 saturated carbocycles. The number of hydrogen-bond donors (Lipinski definition) is 2. The van der Waals surface area contributed by atoms with Crippen LogP contribution in [-0.2, 0) is 9.53 Å². The number of hydrogen-bond acceptors (Lipinski definition) is 5. The lowest BCUT2D eigenvalue weighted by Gasteiger charge is -2.23. The van der Waals surface area contributed by atoms with Gasteiger partial charge in [-0.15, -0.1) is 0 Å². The molecule has 0 aliphatic carbocycles. The molecule has 2 amide bonds. The summed E-state index contributed by atoms with van der Waals surface area (Å²) >= 11 is 0. The molecule has 0 aromatic heterocycles. The van der Waals surface area contributed by atoms with Crippen LogP contribution in [0.1, 0.15) is 6.42 Å². The first kappa shape index (κ1) is 15.9. The maximum absolute atomic E-state index is 11.9. The third kappa shape index (κ3) is 3.48. The standard InChI is InChI=1S/C16H17N3O5/c20-13-5-7-18(8-6-13)11-1-3-12(4-2-11)19-10-14(24-16(19)23)9-17-15(21)22/h1-5,7,14,17H,6,8-10H2,(H,21,22). The van der Waals surface area contributed by atoms with Gasteiger partial charge in [0.25, 0.3) is 0 Å². The minimum Gasteiger partial charge on any atom is -0.465 e. The number of nitrogens with one attached hydrogen (secondary N) is 1. The van der Waals surface area contributed by atoms with E-state index >= 15 is 0 Å². The highest BCUT2D eigenvalue weighted by Gasteiger charge is 2.32. The van der Waals surface area contributed by atoms with Crippen LogP contribution in [0.25, 0.3) is 0 Å². The molecule has 1 fully saturated rings. The zero-order valence-corrected chi connectivity index (χ0v) is 12.8. The molecule has 2 aliphatic rings. The molecule has 1 aromatic carbocycles. The zero-order chi connectivity index (χ0) is 17.1. The number of ketones is 1. The van der Waals surface area contributed by atoms with Crippen LogP contribution in [0.15, 0.2) is 36.5 Å². The lowest BCUT2D eigenvalue weighted by atomic mass is 10.1. The van der Waals surface area contributed by atoms with Crippen LogP contribution in [-0.4, -0.2) is 48.8 Å². The molecular weight excluding hydrogens is 314 g/mol. The third-order valence-corrected chi connectivity index (χ3v) is 3.89. The summed E-state index contributed by atoms with van der Waals surface area (Å²) < 4.78 is 5.14. The van der Waals surface area contributed by atoms with E-state index in [-0.39, 0.29) is 18.9 Å². The molecule has 1 atom stereocenters. The fourth-order valence-electron chi connectivity index (χ4n) is 2.64. The summed E-state index contributed by atoms with van der Waals surface area (Å²) in [6, 6.07) is 7.33. The number of anilines is 2. The lowest BCUT2D eigenvalue weighted by Crippen LogP contribution is -2.33. The van der Waals surface area contributed by atoms with Gasteiger partial charge in [0.05, 0.1) is 13.1 Å². The largest absolute Gasteiger partial charge is 0.465 e. The molecule has 24 heavy (non-hydrogen) atoms. The number of benzene rings is 1. The first-order valence-corrected chi connectivity index (χ1v) is 7.55. The summed E-state index contributed by atoms with van der Waals surface area (Å²) in [6.07, 6.45) is 1.62. The second-order valence-corrected chi connectivity index (χ2v) is 5.54. The summed E-state index contributed by atoms with van der Waals surface area (Å²) in [7, 11) is 0. The quantitative estimate of drug-likeness (QED) is 0.869. The third-order valence-electron chi connectivity index (χ3n) is 3.89. The molecule has 0 spiro atoms. The first-order valence-electron chi connectivity index (χ1n) is 7.55. The fraction of sp³-hybridized carbons (Fsp3) is 0.312. The molecule has 1 unspecified atom stereocenters. The zero-order valence-electron chi connectivity index (χ0n) is 12.8. The van der Waals surface area contributed by atoms with Crippen molar-refractivity contribution in [1.29, 1.82) is 0 Å². The average molecular weight is 331 g/mol. The summed E-state index contributed by atoms with van der Waals surface area (Å²) in [4.78, 5) is 37.1. The second-order valence-electron chi connectivity index (χ2n) is 5.54. The van der Waals surface area contributed by atoms with Gasteiger partial charge in [0.1, 0.15) is 6.10 Å². The molecule has 126 valence electrons. The molecule has 2 aliphatic heterocycles. The normalized spacial score (nSPS) is 20.2. The summed E-state index contributed by atoms with van der Waals surface area (Å²) in [5.41, 5.74) is 1.61. The average Bonchev–Trinajstić information content (AvgIpc) is 2.95. The Labute approximate surface area is 138 Å². The van der Waals surface area contributed by atoms with Gasteiger partial charge in [-0.25, -0.2) is 9.59 Å². The number of ether oxygens (including phenoxy) is 1. The van der Waals surface area contributed by atoms with Crippen molar-refractivity contribution in [3.63, 3.8) is 0 Å². The molecule has 0 bridgehead atoms. The van der Waals surface area contributed by atoms with Crippen LogP contribution < -0.4 is 15.1 Å². The van der Waals surface area contributed by atoms with Crippen LogP contribution in [0.4, 0.5) is 21.0 Å². The lowest BCUT2D eigenvalue weighted by molar-refractivity contribution is -0.114. The predicted octanol–water partition coefficient (Wildman–Crippen LogP) is 1.57. The van der Waals surface area contributed by atoms with Crippen molar-refractivity contribution in [3.05, 3.63) is 36.5 Å². The molecule has 8 heteroatoms. The highest BCUT2D eigenvalue weighted by molar-refractivity contribution is 5.92. The van der Waals surface area contributed by atoms with Crippen molar-refractivity contribution >= 4 is 29.3 Å². The second kappa shape index (κ2) is 6.61. The Morgan fingerprint density at radius 2 is 1.96 bits per heavy atom. The van der Waals surface area contributed by atoms with E-state index in [0.717, 1.165) is 5.69 Å².